The molecule has 0 aliphatic heterocycles. The Balaban J connectivity index is 2.62. The fourth-order valence-corrected chi connectivity index (χ4v) is 0.129. The Labute approximate surface area is 31.9 Å². The van der Waals surface area contributed by atoms with Crippen molar-refractivity contribution < 1.29 is 0 Å². The van der Waals surface area contributed by atoms with Crippen LogP contribution in [0.3, 0.4) is 0 Å². The van der Waals surface area contributed by atoms with Crippen molar-refractivity contribution in [1.29, 1.82) is 0 Å². The molecule has 1 N–H and O–H groups in total. The fraction of sp³-hybridized carbons (Fsp3) is 0.667. The van der Waals surface area contributed by atoms with Gasteiger partial charge in [-0.3, -0.25) is 4.99 Å². The SMILES string of the molecule is C/N=C/NC. The number of nitrogens with zero attached hydrogens (tertiary/aromatic N) is 1. The van der Waals surface area contributed by atoms with E-state index in [4.69, 9.17) is 0 Å². The molecule has 2 heteroatoms. The van der Waals surface area contributed by atoms with E-state index < -0.39 is 0 Å². The maximum Gasteiger partial charge on any atom is 0.0817 e. The molecular weight excluding hydrogens is 64.0 g/mol. The van der Waals surface area contributed by atoms with Crippen molar-refractivity contribution in [3.05, 3.63) is 0 Å². The summed E-state index contributed by atoms with van der Waals surface area (Å²) >= 11 is 0. The van der Waals surface area contributed by atoms with Crippen molar-refractivity contribution in [2.75, 3.05) is 14.1 Å². The average Bonchev–Trinajstić information content (AvgIpc) is 1.41. The van der Waals surface area contributed by atoms with E-state index in [9.17, 15) is 0 Å². The molecule has 30 valence electrons. The lowest BCUT2D eigenvalue weighted by molar-refractivity contribution is 1.19. The van der Waals surface area contributed by atoms with Crippen molar-refractivity contribution in [2.45, 2.75) is 0 Å². The standard InChI is InChI=1S/C3H8N2/c1-4-3-5-2/h3H,1-2H3,(H,4,5). The Morgan fingerprint density at radius 1 is 1.80 bits per heavy atom. The zero-order valence-electron chi connectivity index (χ0n) is 3.52. The third-order valence-electron chi connectivity index (χ3n) is 0.258. The van der Waals surface area contributed by atoms with Gasteiger partial charge in [-0.25, -0.2) is 0 Å². The Morgan fingerprint density at radius 2 is 2.40 bits per heavy atom. The first-order valence-corrected chi connectivity index (χ1v) is 1.49. The van der Waals surface area contributed by atoms with Gasteiger partial charge < -0.3 is 5.32 Å². The van der Waals surface area contributed by atoms with Crippen LogP contribution < -0.4 is 5.32 Å². The molecule has 0 saturated heterocycles. The van der Waals surface area contributed by atoms with Crippen LogP contribution in [-0.4, -0.2) is 20.4 Å². The second-order valence-corrected chi connectivity index (χ2v) is 0.676. The molecule has 0 bridgehead atoms. The molecule has 0 saturated carbocycles. The smallest absolute Gasteiger partial charge is 0.0817 e. The summed E-state index contributed by atoms with van der Waals surface area (Å²) in [5, 5.41) is 2.73. The highest BCUT2D eigenvalue weighted by molar-refractivity contribution is 5.52. The number of hydrogen-bond donors (Lipinski definition) is 1. The molecular formula is C3H8N2. The highest BCUT2D eigenvalue weighted by Crippen LogP contribution is 1.36. The van der Waals surface area contributed by atoms with Crippen molar-refractivity contribution >= 4 is 6.34 Å². The number of aliphatic imine (C=N–C) groups is 1. The van der Waals surface area contributed by atoms with E-state index >= 15 is 0 Å². The minimum absolute atomic E-state index is 1.62. The van der Waals surface area contributed by atoms with Gasteiger partial charge in [-0.15, -0.1) is 0 Å². The molecule has 0 atom stereocenters. The fourth-order valence-electron chi connectivity index (χ4n) is 0.129. The van der Waals surface area contributed by atoms with Crippen LogP contribution in [0, 0.1) is 0 Å². The van der Waals surface area contributed by atoms with Crippen molar-refractivity contribution in [3.8, 4) is 0 Å². The van der Waals surface area contributed by atoms with Gasteiger partial charge in [0, 0.05) is 14.1 Å². The van der Waals surface area contributed by atoms with Crippen LogP contribution in [0.15, 0.2) is 4.99 Å². The molecule has 0 aliphatic rings. The zero-order valence-corrected chi connectivity index (χ0v) is 3.52. The van der Waals surface area contributed by atoms with Crippen LogP contribution in [0.5, 0.6) is 0 Å². The van der Waals surface area contributed by atoms with Crippen LogP contribution in [0.4, 0.5) is 0 Å². The number of nitrogens with one attached hydrogen (secondary N) is 1. The number of rotatable bonds is 1. The van der Waals surface area contributed by atoms with Gasteiger partial charge in [0.05, 0.1) is 6.34 Å². The first-order valence-electron chi connectivity index (χ1n) is 1.49. The second-order valence-electron chi connectivity index (χ2n) is 0.676. The average molecular weight is 72.1 g/mol. The molecule has 0 fully saturated rings. The van der Waals surface area contributed by atoms with Gasteiger partial charge in [0.25, 0.3) is 0 Å². The molecule has 0 radical (unpaired) electrons. The molecule has 0 spiro atoms. The van der Waals surface area contributed by atoms with Crippen molar-refractivity contribution in [2.24, 2.45) is 4.99 Å². The summed E-state index contributed by atoms with van der Waals surface area (Å²) in [4.78, 5) is 3.62. The molecule has 5 heavy (non-hydrogen) atoms. The van der Waals surface area contributed by atoms with E-state index in [2.05, 4.69) is 10.3 Å². The first-order chi connectivity index (χ1) is 2.41. The largest absolute Gasteiger partial charge is 0.380 e. The van der Waals surface area contributed by atoms with Gasteiger partial charge in [0.2, 0.25) is 0 Å². The summed E-state index contributed by atoms with van der Waals surface area (Å²) in [6.07, 6.45) is 1.62. The van der Waals surface area contributed by atoms with Crippen LogP contribution in [0.2, 0.25) is 0 Å². The van der Waals surface area contributed by atoms with Gasteiger partial charge in [0.1, 0.15) is 0 Å². The lowest BCUT2D eigenvalue weighted by Crippen LogP contribution is -1.99. The summed E-state index contributed by atoms with van der Waals surface area (Å²) < 4.78 is 0. The van der Waals surface area contributed by atoms with E-state index in [0.29, 0.717) is 0 Å². The maximum atomic E-state index is 3.62. The summed E-state index contributed by atoms with van der Waals surface area (Å²) in [6.45, 7) is 0. The Kier molecular flexibility index (Phi) is 3.10. The zero-order chi connectivity index (χ0) is 4.12. The molecule has 0 heterocycles. The summed E-state index contributed by atoms with van der Waals surface area (Å²) in [5.41, 5.74) is 0. The Morgan fingerprint density at radius 3 is 2.40 bits per heavy atom. The van der Waals surface area contributed by atoms with E-state index in [-0.39, 0.29) is 0 Å². The molecule has 2 nitrogen and oxygen atoms in total. The van der Waals surface area contributed by atoms with E-state index in [0.717, 1.165) is 0 Å². The third kappa shape index (κ3) is 3.47. The van der Waals surface area contributed by atoms with Crippen LogP contribution in [0.25, 0.3) is 0 Å². The minimum Gasteiger partial charge on any atom is -0.380 e. The predicted octanol–water partition coefficient (Wildman–Crippen LogP) is -0.136. The maximum absolute atomic E-state index is 3.62. The minimum atomic E-state index is 1.62. The van der Waals surface area contributed by atoms with Crippen molar-refractivity contribution in [3.63, 3.8) is 0 Å². The van der Waals surface area contributed by atoms with Gasteiger partial charge in [-0.1, -0.05) is 0 Å². The molecule has 0 aromatic heterocycles. The van der Waals surface area contributed by atoms with E-state index in [1.54, 1.807) is 13.4 Å². The molecule has 0 aromatic carbocycles. The highest BCUT2D eigenvalue weighted by Gasteiger charge is 1.45. The molecule has 0 aliphatic carbocycles. The lowest BCUT2D eigenvalue weighted by Gasteiger charge is -1.74. The summed E-state index contributed by atoms with van der Waals surface area (Å²) in [5.74, 6) is 0. The summed E-state index contributed by atoms with van der Waals surface area (Å²) in [6, 6.07) is 0. The number of hydrogen-bond acceptors (Lipinski definition) is 1. The van der Waals surface area contributed by atoms with E-state index in [1.807, 2.05) is 7.05 Å². The Hall–Kier alpha value is -0.530. The monoisotopic (exact) mass is 72.1 g/mol. The quantitative estimate of drug-likeness (QED) is 0.338. The third-order valence-corrected chi connectivity index (χ3v) is 0.258. The highest BCUT2D eigenvalue weighted by atomic mass is 14.9. The Bertz CT molecular complexity index is 31.9. The van der Waals surface area contributed by atoms with Crippen LogP contribution in [0.1, 0.15) is 0 Å². The normalized spacial score (nSPS) is 9.20. The topological polar surface area (TPSA) is 24.4 Å². The van der Waals surface area contributed by atoms with Crippen LogP contribution >= 0.6 is 0 Å². The van der Waals surface area contributed by atoms with E-state index in [1.165, 1.54) is 0 Å². The summed E-state index contributed by atoms with van der Waals surface area (Å²) in [7, 11) is 3.53. The van der Waals surface area contributed by atoms with Gasteiger partial charge in [-0.05, 0) is 0 Å². The lowest BCUT2D eigenvalue weighted by atomic mass is 11.1. The first kappa shape index (κ1) is 4.47. The van der Waals surface area contributed by atoms with Gasteiger partial charge >= 0.3 is 0 Å². The van der Waals surface area contributed by atoms with Gasteiger partial charge in [-0.2, -0.15) is 0 Å². The predicted molar refractivity (Wildman–Crippen MR) is 23.5 cm³/mol. The molecule has 0 aromatic rings. The van der Waals surface area contributed by atoms with Crippen LogP contribution in [-0.2, 0) is 0 Å². The second kappa shape index (κ2) is 3.47. The van der Waals surface area contributed by atoms with Crippen molar-refractivity contribution in [1.82, 2.24) is 5.32 Å². The molecule has 0 unspecified atom stereocenters. The molecule has 0 amide bonds. The van der Waals surface area contributed by atoms with Gasteiger partial charge in [0.15, 0.2) is 0 Å². The molecule has 0 rings (SSSR count).